The summed E-state index contributed by atoms with van der Waals surface area (Å²) in [5, 5.41) is 0.796. The van der Waals surface area contributed by atoms with E-state index < -0.39 is 0 Å². The number of imidazole rings is 1. The van der Waals surface area contributed by atoms with Crippen molar-refractivity contribution in [2.75, 3.05) is 12.3 Å². The SMILES string of the molecule is Nc1ncnc2c1c(-c1cccc(OCc3ccccc3)c1)cn2-c1cccc(OCCCn2ccnc2)c1. The maximum Gasteiger partial charge on any atom is 0.150 e. The molecule has 194 valence electrons. The van der Waals surface area contributed by atoms with Gasteiger partial charge in [-0.3, -0.25) is 0 Å². The standard InChI is InChI=1S/C31H28N6O2/c32-30-29-28(24-9-4-11-26(17-24)39-20-23-7-2-1-3-8-23)19-37(31(29)35-21-34-30)25-10-5-12-27(18-25)38-16-6-14-36-15-13-33-22-36/h1-5,7-13,15,17-19,21-22H,6,14,16,20H2,(H2,32,34,35). The van der Waals surface area contributed by atoms with E-state index in [9.17, 15) is 0 Å². The Labute approximate surface area is 226 Å². The number of nitrogen functional groups attached to an aromatic ring is 1. The van der Waals surface area contributed by atoms with Crippen LogP contribution in [-0.4, -0.2) is 30.7 Å². The quantitative estimate of drug-likeness (QED) is 0.227. The van der Waals surface area contributed by atoms with Gasteiger partial charge >= 0.3 is 0 Å². The van der Waals surface area contributed by atoms with Crippen LogP contribution in [0, 0.1) is 0 Å². The molecule has 0 aliphatic carbocycles. The Morgan fingerprint density at radius 3 is 2.54 bits per heavy atom. The third kappa shape index (κ3) is 5.45. The first kappa shape index (κ1) is 24.2. The second-order valence-corrected chi connectivity index (χ2v) is 9.17. The lowest BCUT2D eigenvalue weighted by molar-refractivity contribution is 0.301. The molecule has 0 unspecified atom stereocenters. The molecule has 0 aliphatic heterocycles. The van der Waals surface area contributed by atoms with Crippen molar-refractivity contribution in [3.05, 3.63) is 116 Å². The third-order valence-corrected chi connectivity index (χ3v) is 6.49. The topological polar surface area (TPSA) is 93.0 Å². The molecule has 0 atom stereocenters. The van der Waals surface area contributed by atoms with Crippen LogP contribution in [-0.2, 0) is 13.2 Å². The van der Waals surface area contributed by atoms with E-state index in [1.165, 1.54) is 6.33 Å². The lowest BCUT2D eigenvalue weighted by Crippen LogP contribution is -2.03. The molecule has 0 spiro atoms. The van der Waals surface area contributed by atoms with Crippen molar-refractivity contribution in [3.8, 4) is 28.3 Å². The highest BCUT2D eigenvalue weighted by Gasteiger charge is 2.17. The molecule has 3 heterocycles. The summed E-state index contributed by atoms with van der Waals surface area (Å²) in [6.07, 6.45) is 9.97. The Hall–Kier alpha value is -5.11. The smallest absolute Gasteiger partial charge is 0.150 e. The number of rotatable bonds is 10. The molecule has 6 rings (SSSR count). The van der Waals surface area contributed by atoms with Gasteiger partial charge in [0.25, 0.3) is 0 Å². The second kappa shape index (κ2) is 11.1. The van der Waals surface area contributed by atoms with Crippen molar-refractivity contribution in [2.45, 2.75) is 19.6 Å². The summed E-state index contributed by atoms with van der Waals surface area (Å²) < 4.78 is 16.2. The average Bonchev–Trinajstić information content (AvgIpc) is 3.64. The van der Waals surface area contributed by atoms with E-state index in [0.717, 1.165) is 57.9 Å². The van der Waals surface area contributed by atoms with Gasteiger partial charge in [-0.05, 0) is 41.8 Å². The molecule has 6 aromatic rings. The molecule has 39 heavy (non-hydrogen) atoms. The summed E-state index contributed by atoms with van der Waals surface area (Å²) in [5.41, 5.74) is 11.0. The molecule has 8 heteroatoms. The number of benzene rings is 3. The van der Waals surface area contributed by atoms with Crippen LogP contribution in [0.3, 0.4) is 0 Å². The Morgan fingerprint density at radius 2 is 1.69 bits per heavy atom. The maximum atomic E-state index is 6.38. The molecule has 0 amide bonds. The molecule has 3 aromatic carbocycles. The van der Waals surface area contributed by atoms with Crippen LogP contribution in [0.2, 0.25) is 0 Å². The molecular weight excluding hydrogens is 488 g/mol. The van der Waals surface area contributed by atoms with Gasteiger partial charge in [0.05, 0.1) is 24.0 Å². The minimum atomic E-state index is 0.427. The van der Waals surface area contributed by atoms with E-state index in [2.05, 4.69) is 15.0 Å². The molecule has 0 aliphatic rings. The second-order valence-electron chi connectivity index (χ2n) is 9.17. The lowest BCUT2D eigenvalue weighted by atomic mass is 10.1. The zero-order valence-electron chi connectivity index (χ0n) is 21.4. The third-order valence-electron chi connectivity index (χ3n) is 6.49. The predicted octanol–water partition coefficient (Wildman–Crippen LogP) is 5.91. The fraction of sp³-hybridized carbons (Fsp3) is 0.129. The van der Waals surface area contributed by atoms with E-state index in [4.69, 9.17) is 15.2 Å². The number of nitrogens with zero attached hydrogens (tertiary/aromatic N) is 5. The van der Waals surface area contributed by atoms with E-state index >= 15 is 0 Å². The Morgan fingerprint density at radius 1 is 0.846 bits per heavy atom. The van der Waals surface area contributed by atoms with Crippen molar-refractivity contribution in [1.29, 1.82) is 0 Å². The molecule has 8 nitrogen and oxygen atoms in total. The monoisotopic (exact) mass is 516 g/mol. The van der Waals surface area contributed by atoms with Crippen molar-refractivity contribution < 1.29 is 9.47 Å². The summed E-state index contributed by atoms with van der Waals surface area (Å²) >= 11 is 0. The normalized spacial score (nSPS) is 11.1. The first-order chi connectivity index (χ1) is 19.2. The molecule has 0 radical (unpaired) electrons. The molecule has 0 saturated heterocycles. The summed E-state index contributed by atoms with van der Waals surface area (Å²) in [7, 11) is 0. The minimum Gasteiger partial charge on any atom is -0.493 e. The number of hydrogen-bond donors (Lipinski definition) is 1. The van der Waals surface area contributed by atoms with Gasteiger partial charge in [0.1, 0.15) is 30.3 Å². The van der Waals surface area contributed by atoms with Gasteiger partial charge < -0.3 is 24.3 Å². The minimum absolute atomic E-state index is 0.427. The van der Waals surface area contributed by atoms with Crippen LogP contribution in [0.4, 0.5) is 5.82 Å². The molecule has 0 bridgehead atoms. The summed E-state index contributed by atoms with van der Waals surface area (Å²) in [6, 6.07) is 26.1. The van der Waals surface area contributed by atoms with Gasteiger partial charge in [-0.25, -0.2) is 15.0 Å². The fourth-order valence-corrected chi connectivity index (χ4v) is 4.57. The number of aromatic nitrogens is 5. The molecule has 0 fully saturated rings. The highest BCUT2D eigenvalue weighted by molar-refractivity contribution is 6.01. The molecule has 0 saturated carbocycles. The Bertz CT molecular complexity index is 1680. The van der Waals surface area contributed by atoms with Gasteiger partial charge in [-0.1, -0.05) is 48.5 Å². The van der Waals surface area contributed by atoms with Gasteiger partial charge in [-0.15, -0.1) is 0 Å². The summed E-state index contributed by atoms with van der Waals surface area (Å²) in [5.74, 6) is 2.00. The number of nitrogens with two attached hydrogens (primary N) is 1. The Kier molecular flexibility index (Phi) is 6.90. The van der Waals surface area contributed by atoms with E-state index in [1.54, 1.807) is 6.20 Å². The lowest BCUT2D eigenvalue weighted by Gasteiger charge is -2.10. The highest BCUT2D eigenvalue weighted by Crippen LogP contribution is 2.36. The van der Waals surface area contributed by atoms with Gasteiger partial charge in [0.2, 0.25) is 0 Å². The maximum absolute atomic E-state index is 6.38. The molecule has 3 aromatic heterocycles. The van der Waals surface area contributed by atoms with Crippen molar-refractivity contribution in [3.63, 3.8) is 0 Å². The fourth-order valence-electron chi connectivity index (χ4n) is 4.57. The van der Waals surface area contributed by atoms with E-state index in [1.807, 2.05) is 107 Å². The predicted molar refractivity (Wildman–Crippen MR) is 152 cm³/mol. The van der Waals surface area contributed by atoms with Crippen molar-refractivity contribution in [1.82, 2.24) is 24.1 Å². The number of anilines is 1. The van der Waals surface area contributed by atoms with Crippen molar-refractivity contribution in [2.24, 2.45) is 0 Å². The zero-order valence-corrected chi connectivity index (χ0v) is 21.4. The van der Waals surface area contributed by atoms with E-state index in [-0.39, 0.29) is 0 Å². The zero-order chi connectivity index (χ0) is 26.4. The molecule has 2 N–H and O–H groups in total. The van der Waals surface area contributed by atoms with Crippen LogP contribution in [0.1, 0.15) is 12.0 Å². The van der Waals surface area contributed by atoms with Gasteiger partial charge in [-0.2, -0.15) is 0 Å². The largest absolute Gasteiger partial charge is 0.493 e. The van der Waals surface area contributed by atoms with Crippen LogP contribution in [0.15, 0.2) is 110 Å². The first-order valence-electron chi connectivity index (χ1n) is 12.8. The summed E-state index contributed by atoms with van der Waals surface area (Å²) in [6.45, 7) is 1.95. The van der Waals surface area contributed by atoms with Crippen LogP contribution in [0.25, 0.3) is 27.8 Å². The molecular formula is C31H28N6O2. The average molecular weight is 517 g/mol. The number of hydrogen-bond acceptors (Lipinski definition) is 6. The van der Waals surface area contributed by atoms with Gasteiger partial charge in [0, 0.05) is 36.8 Å². The number of ether oxygens (including phenoxy) is 2. The van der Waals surface area contributed by atoms with Crippen LogP contribution < -0.4 is 15.2 Å². The first-order valence-corrected chi connectivity index (χ1v) is 12.8. The highest BCUT2D eigenvalue weighted by atomic mass is 16.5. The Balaban J connectivity index is 1.27. The van der Waals surface area contributed by atoms with Gasteiger partial charge in [0.15, 0.2) is 5.65 Å². The summed E-state index contributed by atoms with van der Waals surface area (Å²) in [4.78, 5) is 12.9. The van der Waals surface area contributed by atoms with Crippen LogP contribution >= 0.6 is 0 Å². The van der Waals surface area contributed by atoms with Crippen molar-refractivity contribution >= 4 is 16.9 Å². The van der Waals surface area contributed by atoms with E-state index in [0.29, 0.717) is 19.0 Å². The number of aryl methyl sites for hydroxylation is 1. The van der Waals surface area contributed by atoms with Crippen LogP contribution in [0.5, 0.6) is 11.5 Å². The number of fused-ring (bicyclic) bond motifs is 1.